The zero-order chi connectivity index (χ0) is 15.7. The van der Waals surface area contributed by atoms with E-state index in [4.69, 9.17) is 0 Å². The summed E-state index contributed by atoms with van der Waals surface area (Å²) in [7, 11) is 0. The van der Waals surface area contributed by atoms with E-state index in [0.29, 0.717) is 23.7 Å². The highest BCUT2D eigenvalue weighted by Gasteiger charge is 2.66. The van der Waals surface area contributed by atoms with Crippen molar-refractivity contribution in [1.29, 1.82) is 0 Å². The Bertz CT molecular complexity index is 687. The second-order valence-corrected chi connectivity index (χ2v) is 7.46. The van der Waals surface area contributed by atoms with Crippen molar-refractivity contribution in [3.63, 3.8) is 0 Å². The van der Waals surface area contributed by atoms with Crippen molar-refractivity contribution in [3.05, 3.63) is 42.0 Å². The number of rotatable bonds is 3. The summed E-state index contributed by atoms with van der Waals surface area (Å²) in [4.78, 5) is 27.1. The van der Waals surface area contributed by atoms with E-state index in [0.717, 1.165) is 5.69 Å². The van der Waals surface area contributed by atoms with E-state index in [2.05, 4.69) is 17.5 Å². The highest BCUT2D eigenvalue weighted by Crippen LogP contribution is 2.65. The Labute approximate surface area is 135 Å². The fourth-order valence-electron chi connectivity index (χ4n) is 5.02. The lowest BCUT2D eigenvalue weighted by Crippen LogP contribution is -2.40. The summed E-state index contributed by atoms with van der Waals surface area (Å²) in [5.74, 6) is 1.79. The van der Waals surface area contributed by atoms with E-state index in [9.17, 15) is 9.59 Å². The minimum absolute atomic E-state index is 0.0318. The van der Waals surface area contributed by atoms with Crippen LogP contribution in [0.25, 0.3) is 0 Å². The second-order valence-electron chi connectivity index (χ2n) is 7.46. The van der Waals surface area contributed by atoms with Crippen LogP contribution in [0.5, 0.6) is 0 Å². The maximum Gasteiger partial charge on any atom is 0.235 e. The normalized spacial score (nSPS) is 39.4. The van der Waals surface area contributed by atoms with Crippen LogP contribution in [-0.2, 0) is 9.59 Å². The molecular formula is C19H20N2O2. The molecule has 0 spiro atoms. The van der Waals surface area contributed by atoms with Gasteiger partial charge in [0.1, 0.15) is 0 Å². The van der Waals surface area contributed by atoms with Gasteiger partial charge in [0.15, 0.2) is 0 Å². The Morgan fingerprint density at radius 2 is 1.57 bits per heavy atom. The third-order valence-electron chi connectivity index (χ3n) is 6.25. The first-order valence-electron chi connectivity index (χ1n) is 8.49. The smallest absolute Gasteiger partial charge is 0.235 e. The Balaban J connectivity index is 1.36. The number of amides is 2. The summed E-state index contributed by atoms with van der Waals surface area (Å²) in [5, 5.41) is 3.22. The summed E-state index contributed by atoms with van der Waals surface area (Å²) in [6.07, 6.45) is 5.63. The minimum atomic E-state index is -0.0962. The third kappa shape index (κ3) is 1.78. The summed E-state index contributed by atoms with van der Waals surface area (Å²) >= 11 is 0. The molecule has 0 radical (unpaired) electrons. The molecule has 4 aliphatic carbocycles. The molecule has 2 saturated carbocycles. The van der Waals surface area contributed by atoms with Gasteiger partial charge in [-0.2, -0.15) is 0 Å². The predicted octanol–water partition coefficient (Wildman–Crippen LogP) is 2.42. The van der Waals surface area contributed by atoms with Crippen LogP contribution in [0, 0.1) is 42.4 Å². The Kier molecular flexibility index (Phi) is 2.59. The number of nitrogens with one attached hydrogen (secondary N) is 1. The van der Waals surface area contributed by atoms with Crippen LogP contribution in [0.4, 0.5) is 5.69 Å². The Morgan fingerprint density at radius 1 is 1.00 bits per heavy atom. The van der Waals surface area contributed by atoms with Crippen molar-refractivity contribution < 1.29 is 9.59 Å². The van der Waals surface area contributed by atoms with Crippen LogP contribution in [0.15, 0.2) is 36.4 Å². The molecule has 2 amide bonds. The van der Waals surface area contributed by atoms with Crippen molar-refractivity contribution in [2.75, 3.05) is 12.0 Å². The van der Waals surface area contributed by atoms with Gasteiger partial charge in [0.2, 0.25) is 11.8 Å². The van der Waals surface area contributed by atoms with E-state index in [1.165, 1.54) is 16.9 Å². The number of anilines is 1. The lowest BCUT2D eigenvalue weighted by molar-refractivity contribution is -0.139. The molecule has 1 aromatic carbocycles. The average Bonchev–Trinajstić information content (AvgIpc) is 3.33. The van der Waals surface area contributed by atoms with Gasteiger partial charge in [0, 0.05) is 5.69 Å². The van der Waals surface area contributed by atoms with Gasteiger partial charge in [0.25, 0.3) is 0 Å². The Morgan fingerprint density at radius 3 is 2.13 bits per heavy atom. The molecular weight excluding hydrogens is 288 g/mol. The van der Waals surface area contributed by atoms with Crippen LogP contribution < -0.4 is 5.32 Å². The zero-order valence-electron chi connectivity index (χ0n) is 13.1. The second kappa shape index (κ2) is 4.47. The van der Waals surface area contributed by atoms with Gasteiger partial charge in [-0.25, -0.2) is 0 Å². The van der Waals surface area contributed by atoms with Crippen molar-refractivity contribution in [3.8, 4) is 0 Å². The number of hydrogen-bond donors (Lipinski definition) is 1. The highest BCUT2D eigenvalue weighted by molar-refractivity contribution is 6.06. The molecule has 0 aromatic heterocycles. The number of carbonyl (C=O) groups is 2. The monoisotopic (exact) mass is 308 g/mol. The Hall–Kier alpha value is -2.10. The molecule has 6 atom stereocenters. The average molecular weight is 308 g/mol. The zero-order valence-corrected chi connectivity index (χ0v) is 13.1. The topological polar surface area (TPSA) is 49.4 Å². The van der Waals surface area contributed by atoms with E-state index in [1.807, 2.05) is 31.2 Å². The van der Waals surface area contributed by atoms with Crippen LogP contribution in [0.1, 0.15) is 12.0 Å². The van der Waals surface area contributed by atoms with Crippen LogP contribution in [0.3, 0.4) is 0 Å². The lowest BCUT2D eigenvalue weighted by atomic mass is 9.63. The van der Waals surface area contributed by atoms with Crippen molar-refractivity contribution >= 4 is 17.5 Å². The SMILES string of the molecule is Cc1ccc(NCN2C(=O)[C@@H]3[C@@H]4C=C[C@H]([C@H]5C[C@@H]45)[C@@H]3C2=O)cc1. The molecule has 3 fully saturated rings. The molecule has 1 heterocycles. The fourth-order valence-corrected chi connectivity index (χ4v) is 5.02. The van der Waals surface area contributed by atoms with E-state index < -0.39 is 0 Å². The largest absolute Gasteiger partial charge is 0.367 e. The van der Waals surface area contributed by atoms with Gasteiger partial charge in [-0.1, -0.05) is 29.8 Å². The molecule has 5 aliphatic rings. The van der Waals surface area contributed by atoms with Gasteiger partial charge >= 0.3 is 0 Å². The number of imide groups is 1. The third-order valence-corrected chi connectivity index (χ3v) is 6.25. The number of likely N-dealkylation sites (tertiary alicyclic amines) is 1. The number of allylic oxidation sites excluding steroid dienone is 2. The molecule has 4 nitrogen and oxygen atoms in total. The number of nitrogens with zero attached hydrogens (tertiary/aromatic N) is 1. The number of benzene rings is 1. The van der Waals surface area contributed by atoms with Gasteiger partial charge in [0.05, 0.1) is 18.5 Å². The number of aryl methyl sites for hydroxylation is 1. The summed E-state index contributed by atoms with van der Waals surface area (Å²) < 4.78 is 0. The van der Waals surface area contributed by atoms with E-state index in [-0.39, 0.29) is 30.3 Å². The highest BCUT2D eigenvalue weighted by atomic mass is 16.2. The van der Waals surface area contributed by atoms with E-state index >= 15 is 0 Å². The lowest BCUT2D eigenvalue weighted by Gasteiger charge is -2.37. The maximum atomic E-state index is 12.8. The van der Waals surface area contributed by atoms with E-state index in [1.54, 1.807) is 0 Å². The van der Waals surface area contributed by atoms with Gasteiger partial charge in [-0.3, -0.25) is 14.5 Å². The molecule has 1 aromatic rings. The predicted molar refractivity (Wildman–Crippen MR) is 86.2 cm³/mol. The molecule has 6 rings (SSSR count). The number of carbonyl (C=O) groups excluding carboxylic acids is 2. The molecule has 1 N–H and O–H groups in total. The first-order valence-corrected chi connectivity index (χ1v) is 8.49. The molecule has 1 saturated heterocycles. The molecule has 23 heavy (non-hydrogen) atoms. The molecule has 4 heteroatoms. The quantitative estimate of drug-likeness (QED) is 0.689. The van der Waals surface area contributed by atoms with Crippen molar-refractivity contribution in [2.24, 2.45) is 35.5 Å². The van der Waals surface area contributed by atoms with Crippen LogP contribution in [-0.4, -0.2) is 23.4 Å². The van der Waals surface area contributed by atoms with Gasteiger partial charge in [-0.05, 0) is 49.1 Å². The minimum Gasteiger partial charge on any atom is -0.367 e. The summed E-state index contributed by atoms with van der Waals surface area (Å²) in [6.45, 7) is 2.32. The van der Waals surface area contributed by atoms with Crippen LogP contribution in [0.2, 0.25) is 0 Å². The number of hydrogen-bond acceptors (Lipinski definition) is 3. The standard InChI is InChI=1S/C19H20N2O2/c1-10-2-4-11(5-3-10)20-9-21-18(22)16-12-6-7-13(15-8-14(12)15)17(16)19(21)23/h2-7,12-17,20H,8-9H2,1H3/t12-,13-,14-,15+,16+,17-/m1/s1. The summed E-state index contributed by atoms with van der Waals surface area (Å²) in [6, 6.07) is 8.00. The molecule has 118 valence electrons. The first-order chi connectivity index (χ1) is 11.1. The molecule has 0 unspecified atom stereocenters. The van der Waals surface area contributed by atoms with Crippen molar-refractivity contribution in [1.82, 2.24) is 4.90 Å². The summed E-state index contributed by atoms with van der Waals surface area (Å²) in [5.41, 5.74) is 2.13. The fraction of sp³-hybridized carbons (Fsp3) is 0.474. The van der Waals surface area contributed by atoms with Gasteiger partial charge < -0.3 is 5.32 Å². The molecule has 1 aliphatic heterocycles. The maximum absolute atomic E-state index is 12.8. The first kappa shape index (κ1) is 13.3. The molecule has 2 bridgehead atoms. The van der Waals surface area contributed by atoms with Crippen molar-refractivity contribution in [2.45, 2.75) is 13.3 Å². The van der Waals surface area contributed by atoms with Gasteiger partial charge in [-0.15, -0.1) is 0 Å². The van der Waals surface area contributed by atoms with Crippen LogP contribution >= 0.6 is 0 Å².